The molecule has 1 amide bonds. The lowest BCUT2D eigenvalue weighted by molar-refractivity contribution is 0.0962. The van der Waals surface area contributed by atoms with Crippen molar-refractivity contribution in [3.63, 3.8) is 0 Å². The molecule has 0 radical (unpaired) electrons. The minimum absolute atomic E-state index is 0.0667. The largest absolute Gasteiger partial charge is 0.355 e. The summed E-state index contributed by atoms with van der Waals surface area (Å²) in [5.74, 6) is 0.843. The van der Waals surface area contributed by atoms with Crippen molar-refractivity contribution in [1.82, 2.24) is 5.32 Å². The Morgan fingerprint density at radius 1 is 1.64 bits per heavy atom. The smallest absolute Gasteiger partial charge is 0.252 e. The van der Waals surface area contributed by atoms with E-state index in [0.29, 0.717) is 0 Å². The SMILES string of the molecule is CNC(=O)c1csc2c1CCC(C)C2. The number of carbonyl (C=O) groups is 1. The van der Waals surface area contributed by atoms with Crippen molar-refractivity contribution >= 4 is 17.2 Å². The fraction of sp³-hybridized carbons (Fsp3) is 0.545. The Hall–Kier alpha value is -0.830. The zero-order chi connectivity index (χ0) is 10.1. The lowest BCUT2D eigenvalue weighted by atomic mass is 9.88. The second kappa shape index (κ2) is 3.73. The van der Waals surface area contributed by atoms with Crippen molar-refractivity contribution in [2.45, 2.75) is 26.2 Å². The molecule has 1 heterocycles. The van der Waals surface area contributed by atoms with E-state index >= 15 is 0 Å². The molecule has 3 heteroatoms. The third kappa shape index (κ3) is 1.57. The van der Waals surface area contributed by atoms with Gasteiger partial charge < -0.3 is 5.32 Å². The van der Waals surface area contributed by atoms with Gasteiger partial charge in [0.2, 0.25) is 0 Å². The zero-order valence-corrected chi connectivity index (χ0v) is 9.41. The molecule has 1 aliphatic carbocycles. The van der Waals surface area contributed by atoms with E-state index in [-0.39, 0.29) is 5.91 Å². The van der Waals surface area contributed by atoms with Gasteiger partial charge in [0.05, 0.1) is 5.56 Å². The van der Waals surface area contributed by atoms with Crippen LogP contribution < -0.4 is 5.32 Å². The molecule has 1 aliphatic rings. The number of carbonyl (C=O) groups excluding carboxylic acids is 1. The van der Waals surface area contributed by atoms with Gasteiger partial charge in [-0.2, -0.15) is 0 Å². The molecule has 76 valence electrons. The molecule has 1 N–H and O–H groups in total. The normalized spacial score (nSPS) is 20.3. The summed E-state index contributed by atoms with van der Waals surface area (Å²) in [5, 5.41) is 4.70. The van der Waals surface area contributed by atoms with E-state index in [2.05, 4.69) is 12.2 Å². The summed E-state index contributed by atoms with van der Waals surface area (Å²) in [7, 11) is 1.69. The number of nitrogens with one attached hydrogen (secondary N) is 1. The summed E-state index contributed by atoms with van der Waals surface area (Å²) < 4.78 is 0. The van der Waals surface area contributed by atoms with Gasteiger partial charge in [0, 0.05) is 17.3 Å². The molecule has 0 bridgehead atoms. The minimum atomic E-state index is 0.0667. The lowest BCUT2D eigenvalue weighted by Gasteiger charge is -2.18. The predicted molar refractivity (Wildman–Crippen MR) is 58.9 cm³/mol. The van der Waals surface area contributed by atoms with Crippen LogP contribution in [0, 0.1) is 5.92 Å². The van der Waals surface area contributed by atoms with Gasteiger partial charge in [0.25, 0.3) is 5.91 Å². The first-order chi connectivity index (χ1) is 6.72. The Morgan fingerprint density at radius 2 is 2.43 bits per heavy atom. The van der Waals surface area contributed by atoms with Gasteiger partial charge in [-0.25, -0.2) is 0 Å². The summed E-state index contributed by atoms with van der Waals surface area (Å²) >= 11 is 1.74. The van der Waals surface area contributed by atoms with Crippen LogP contribution in [0.2, 0.25) is 0 Å². The fourth-order valence-electron chi connectivity index (χ4n) is 2.00. The van der Waals surface area contributed by atoms with Crippen LogP contribution in [0.3, 0.4) is 0 Å². The highest BCUT2D eigenvalue weighted by Gasteiger charge is 2.22. The second-order valence-electron chi connectivity index (χ2n) is 3.98. The van der Waals surface area contributed by atoms with Crippen molar-refractivity contribution in [1.29, 1.82) is 0 Å². The minimum Gasteiger partial charge on any atom is -0.355 e. The Labute approximate surface area is 88.3 Å². The summed E-state index contributed by atoms with van der Waals surface area (Å²) in [6, 6.07) is 0. The number of rotatable bonds is 1. The van der Waals surface area contributed by atoms with Crippen molar-refractivity contribution in [3.8, 4) is 0 Å². The highest BCUT2D eigenvalue weighted by Crippen LogP contribution is 2.32. The average molecular weight is 209 g/mol. The topological polar surface area (TPSA) is 29.1 Å². The van der Waals surface area contributed by atoms with E-state index < -0.39 is 0 Å². The molecule has 0 aromatic carbocycles. The van der Waals surface area contributed by atoms with Gasteiger partial charge in [-0.3, -0.25) is 4.79 Å². The molecule has 1 unspecified atom stereocenters. The van der Waals surface area contributed by atoms with Crippen LogP contribution in [0.5, 0.6) is 0 Å². The molecule has 1 aromatic heterocycles. The Bertz CT molecular complexity index is 356. The molecule has 2 nitrogen and oxygen atoms in total. The Balaban J connectivity index is 2.33. The fourth-order valence-corrected chi connectivity index (χ4v) is 3.25. The Morgan fingerprint density at radius 3 is 3.14 bits per heavy atom. The first-order valence-electron chi connectivity index (χ1n) is 5.03. The van der Waals surface area contributed by atoms with Crippen molar-refractivity contribution < 1.29 is 4.79 Å². The molecule has 1 atom stereocenters. The van der Waals surface area contributed by atoms with Crippen LogP contribution >= 0.6 is 11.3 Å². The highest BCUT2D eigenvalue weighted by atomic mass is 32.1. The van der Waals surface area contributed by atoms with Gasteiger partial charge in [-0.15, -0.1) is 11.3 Å². The molecule has 0 aliphatic heterocycles. The van der Waals surface area contributed by atoms with E-state index in [1.807, 2.05) is 5.38 Å². The standard InChI is InChI=1S/C11H15NOS/c1-7-3-4-8-9(11(13)12-2)6-14-10(8)5-7/h6-7H,3-5H2,1-2H3,(H,12,13). The van der Waals surface area contributed by atoms with Gasteiger partial charge in [-0.1, -0.05) is 6.92 Å². The molecule has 0 fully saturated rings. The third-order valence-corrected chi connectivity index (χ3v) is 3.92. The molecule has 0 saturated heterocycles. The maximum absolute atomic E-state index is 11.5. The lowest BCUT2D eigenvalue weighted by Crippen LogP contribution is -2.20. The number of hydrogen-bond donors (Lipinski definition) is 1. The summed E-state index contributed by atoms with van der Waals surface area (Å²) in [6.45, 7) is 2.28. The van der Waals surface area contributed by atoms with Crippen molar-refractivity contribution in [3.05, 3.63) is 21.4 Å². The van der Waals surface area contributed by atoms with E-state index in [0.717, 1.165) is 24.3 Å². The van der Waals surface area contributed by atoms with Crippen LogP contribution in [0.4, 0.5) is 0 Å². The predicted octanol–water partition coefficient (Wildman–Crippen LogP) is 2.23. The van der Waals surface area contributed by atoms with Crippen molar-refractivity contribution in [2.75, 3.05) is 7.05 Å². The molecule has 0 spiro atoms. The van der Waals surface area contributed by atoms with Gasteiger partial charge in [-0.05, 0) is 30.7 Å². The van der Waals surface area contributed by atoms with Crippen LogP contribution in [-0.4, -0.2) is 13.0 Å². The van der Waals surface area contributed by atoms with Crippen LogP contribution in [-0.2, 0) is 12.8 Å². The summed E-state index contributed by atoms with van der Waals surface area (Å²) in [4.78, 5) is 12.9. The van der Waals surface area contributed by atoms with E-state index in [9.17, 15) is 4.79 Å². The van der Waals surface area contributed by atoms with E-state index in [1.54, 1.807) is 18.4 Å². The maximum atomic E-state index is 11.5. The maximum Gasteiger partial charge on any atom is 0.252 e. The number of hydrogen-bond acceptors (Lipinski definition) is 2. The molecule has 0 saturated carbocycles. The van der Waals surface area contributed by atoms with Crippen LogP contribution in [0.25, 0.3) is 0 Å². The molecule has 2 rings (SSSR count). The second-order valence-corrected chi connectivity index (χ2v) is 4.94. The van der Waals surface area contributed by atoms with Gasteiger partial charge in [0.1, 0.15) is 0 Å². The third-order valence-electron chi connectivity index (χ3n) is 2.87. The van der Waals surface area contributed by atoms with Gasteiger partial charge >= 0.3 is 0 Å². The monoisotopic (exact) mass is 209 g/mol. The molecular formula is C11H15NOS. The van der Waals surface area contributed by atoms with Crippen LogP contribution in [0.1, 0.15) is 34.1 Å². The molecular weight excluding hydrogens is 194 g/mol. The molecule has 1 aromatic rings. The first-order valence-corrected chi connectivity index (χ1v) is 5.91. The number of amides is 1. The number of thiophene rings is 1. The Kier molecular flexibility index (Phi) is 2.59. The van der Waals surface area contributed by atoms with Gasteiger partial charge in [0.15, 0.2) is 0 Å². The van der Waals surface area contributed by atoms with E-state index in [1.165, 1.54) is 16.9 Å². The number of fused-ring (bicyclic) bond motifs is 1. The quantitative estimate of drug-likeness (QED) is 0.755. The summed E-state index contributed by atoms with van der Waals surface area (Å²) in [6.07, 6.45) is 3.44. The first kappa shape index (κ1) is 9.71. The van der Waals surface area contributed by atoms with E-state index in [4.69, 9.17) is 0 Å². The van der Waals surface area contributed by atoms with Crippen molar-refractivity contribution in [2.24, 2.45) is 5.92 Å². The van der Waals surface area contributed by atoms with Crippen LogP contribution in [0.15, 0.2) is 5.38 Å². The zero-order valence-electron chi connectivity index (χ0n) is 8.59. The molecule has 14 heavy (non-hydrogen) atoms. The highest BCUT2D eigenvalue weighted by molar-refractivity contribution is 7.10. The average Bonchev–Trinajstić information content (AvgIpc) is 2.59. The summed E-state index contributed by atoms with van der Waals surface area (Å²) in [5.41, 5.74) is 2.20.